The third-order valence-electron chi connectivity index (χ3n) is 1.59. The summed E-state index contributed by atoms with van der Waals surface area (Å²) >= 11 is 5.39. The van der Waals surface area contributed by atoms with Crippen LogP contribution in [0.1, 0.15) is 12.0 Å². The maximum atomic E-state index is 12.7. The molecule has 0 radical (unpaired) electrons. The predicted octanol–water partition coefficient (Wildman–Crippen LogP) is 2.75. The molecule has 0 saturated heterocycles. The SMILES string of the molecule is O=CCCc1cc(F)c(F)c(Cl)c1. The van der Waals surface area contributed by atoms with Gasteiger partial charge in [0.05, 0.1) is 5.02 Å². The Bertz CT molecular complexity index is 302. The molecule has 4 heteroatoms. The van der Waals surface area contributed by atoms with E-state index in [9.17, 15) is 13.6 Å². The van der Waals surface area contributed by atoms with Crippen molar-refractivity contribution in [3.63, 3.8) is 0 Å². The summed E-state index contributed by atoms with van der Waals surface area (Å²) in [7, 11) is 0. The van der Waals surface area contributed by atoms with Crippen molar-refractivity contribution in [3.8, 4) is 0 Å². The summed E-state index contributed by atoms with van der Waals surface area (Å²) in [5.41, 5.74) is 0.524. The van der Waals surface area contributed by atoms with Gasteiger partial charge in [0.25, 0.3) is 0 Å². The number of carbonyl (C=O) groups excluding carboxylic acids is 1. The van der Waals surface area contributed by atoms with Gasteiger partial charge in [-0.05, 0) is 24.1 Å². The fourth-order valence-corrected chi connectivity index (χ4v) is 1.21. The Morgan fingerprint density at radius 1 is 1.38 bits per heavy atom. The zero-order chi connectivity index (χ0) is 9.84. The van der Waals surface area contributed by atoms with Gasteiger partial charge in [0, 0.05) is 6.42 Å². The summed E-state index contributed by atoms with van der Waals surface area (Å²) in [6.45, 7) is 0. The van der Waals surface area contributed by atoms with E-state index < -0.39 is 11.6 Å². The summed E-state index contributed by atoms with van der Waals surface area (Å²) < 4.78 is 25.4. The van der Waals surface area contributed by atoms with Gasteiger partial charge in [0.1, 0.15) is 6.29 Å². The third-order valence-corrected chi connectivity index (χ3v) is 1.87. The van der Waals surface area contributed by atoms with Crippen LogP contribution in [0.25, 0.3) is 0 Å². The van der Waals surface area contributed by atoms with E-state index in [0.717, 1.165) is 12.4 Å². The molecule has 0 aliphatic rings. The lowest BCUT2D eigenvalue weighted by molar-refractivity contribution is -0.107. The maximum Gasteiger partial charge on any atom is 0.177 e. The molecule has 0 aromatic heterocycles. The average Bonchev–Trinajstić information content (AvgIpc) is 2.10. The van der Waals surface area contributed by atoms with Crippen molar-refractivity contribution >= 4 is 17.9 Å². The van der Waals surface area contributed by atoms with Crippen LogP contribution in [-0.2, 0) is 11.2 Å². The van der Waals surface area contributed by atoms with Gasteiger partial charge >= 0.3 is 0 Å². The number of aldehydes is 1. The molecule has 0 heterocycles. The average molecular weight is 205 g/mol. The van der Waals surface area contributed by atoms with Gasteiger partial charge in [-0.1, -0.05) is 11.6 Å². The number of hydrogen-bond acceptors (Lipinski definition) is 1. The molecule has 0 fully saturated rings. The molecule has 0 aliphatic heterocycles. The lowest BCUT2D eigenvalue weighted by Crippen LogP contribution is -1.92. The molecular formula is C9H7ClF2O. The van der Waals surface area contributed by atoms with Crippen molar-refractivity contribution in [3.05, 3.63) is 34.4 Å². The van der Waals surface area contributed by atoms with E-state index in [1.807, 2.05) is 0 Å². The Balaban J connectivity index is 2.92. The van der Waals surface area contributed by atoms with E-state index in [4.69, 9.17) is 11.6 Å². The molecular weight excluding hydrogens is 198 g/mol. The van der Waals surface area contributed by atoms with Crippen LogP contribution >= 0.6 is 11.6 Å². The van der Waals surface area contributed by atoms with Gasteiger partial charge in [0.2, 0.25) is 0 Å². The van der Waals surface area contributed by atoms with Gasteiger partial charge in [-0.2, -0.15) is 0 Å². The van der Waals surface area contributed by atoms with Crippen LogP contribution in [-0.4, -0.2) is 6.29 Å². The smallest absolute Gasteiger partial charge is 0.177 e. The highest BCUT2D eigenvalue weighted by Crippen LogP contribution is 2.20. The summed E-state index contributed by atoms with van der Waals surface area (Å²) in [5.74, 6) is -2.02. The number of carbonyl (C=O) groups is 1. The first-order chi connectivity index (χ1) is 6.15. The molecule has 0 atom stereocenters. The largest absolute Gasteiger partial charge is 0.303 e. The highest BCUT2D eigenvalue weighted by molar-refractivity contribution is 6.30. The first-order valence-electron chi connectivity index (χ1n) is 3.72. The molecule has 0 N–H and O–H groups in total. The van der Waals surface area contributed by atoms with E-state index in [1.54, 1.807) is 0 Å². The maximum absolute atomic E-state index is 12.7. The molecule has 1 aromatic carbocycles. The molecule has 1 nitrogen and oxygen atoms in total. The second-order valence-electron chi connectivity index (χ2n) is 2.58. The molecule has 1 aromatic rings. The third kappa shape index (κ3) is 2.49. The second-order valence-corrected chi connectivity index (χ2v) is 2.99. The highest BCUT2D eigenvalue weighted by atomic mass is 35.5. The van der Waals surface area contributed by atoms with Gasteiger partial charge < -0.3 is 4.79 Å². The summed E-state index contributed by atoms with van der Waals surface area (Å²) in [6, 6.07) is 2.37. The number of rotatable bonds is 3. The molecule has 0 saturated carbocycles. The van der Waals surface area contributed by atoms with E-state index >= 15 is 0 Å². The Labute approximate surface area is 79.3 Å². The van der Waals surface area contributed by atoms with Gasteiger partial charge in [-0.25, -0.2) is 8.78 Å². The zero-order valence-corrected chi connectivity index (χ0v) is 7.44. The van der Waals surface area contributed by atoms with Crippen LogP contribution in [0.3, 0.4) is 0 Å². The van der Waals surface area contributed by atoms with Crippen molar-refractivity contribution in [1.29, 1.82) is 0 Å². The van der Waals surface area contributed by atoms with Crippen LogP contribution in [0.2, 0.25) is 5.02 Å². The first kappa shape index (κ1) is 10.1. The summed E-state index contributed by atoms with van der Waals surface area (Å²) in [4.78, 5) is 10.0. The Morgan fingerprint density at radius 3 is 2.62 bits per heavy atom. The second kappa shape index (κ2) is 4.33. The van der Waals surface area contributed by atoms with Crippen molar-refractivity contribution in [1.82, 2.24) is 0 Å². The molecule has 1 rings (SSSR count). The number of hydrogen-bond donors (Lipinski definition) is 0. The van der Waals surface area contributed by atoms with Crippen LogP contribution in [0.4, 0.5) is 8.78 Å². The van der Waals surface area contributed by atoms with Crippen molar-refractivity contribution < 1.29 is 13.6 Å². The first-order valence-corrected chi connectivity index (χ1v) is 4.10. The van der Waals surface area contributed by atoms with Crippen LogP contribution in [0.15, 0.2) is 12.1 Å². The van der Waals surface area contributed by atoms with E-state index in [0.29, 0.717) is 12.0 Å². The number of halogens is 3. The molecule has 13 heavy (non-hydrogen) atoms. The van der Waals surface area contributed by atoms with E-state index in [-0.39, 0.29) is 11.4 Å². The monoisotopic (exact) mass is 204 g/mol. The lowest BCUT2D eigenvalue weighted by Gasteiger charge is -2.01. The fourth-order valence-electron chi connectivity index (χ4n) is 0.978. The number of aryl methyl sites for hydroxylation is 1. The van der Waals surface area contributed by atoms with Gasteiger partial charge in [-0.3, -0.25) is 0 Å². The van der Waals surface area contributed by atoms with Crippen LogP contribution in [0, 0.1) is 11.6 Å². The molecule has 0 amide bonds. The quantitative estimate of drug-likeness (QED) is 0.547. The highest BCUT2D eigenvalue weighted by Gasteiger charge is 2.08. The van der Waals surface area contributed by atoms with Crippen LogP contribution in [0.5, 0.6) is 0 Å². The minimum absolute atomic E-state index is 0.249. The molecule has 0 spiro atoms. The predicted molar refractivity (Wildman–Crippen MR) is 45.8 cm³/mol. The van der Waals surface area contributed by atoms with Crippen molar-refractivity contribution in [2.45, 2.75) is 12.8 Å². The summed E-state index contributed by atoms with van der Waals surface area (Å²) in [5, 5.41) is -0.249. The topological polar surface area (TPSA) is 17.1 Å². The minimum Gasteiger partial charge on any atom is -0.303 e. The van der Waals surface area contributed by atoms with Crippen molar-refractivity contribution in [2.75, 3.05) is 0 Å². The van der Waals surface area contributed by atoms with E-state index in [2.05, 4.69) is 0 Å². The van der Waals surface area contributed by atoms with Gasteiger partial charge in [-0.15, -0.1) is 0 Å². The van der Waals surface area contributed by atoms with E-state index in [1.165, 1.54) is 6.07 Å². The molecule has 0 aliphatic carbocycles. The standard InChI is InChI=1S/C9H7ClF2O/c10-7-4-6(2-1-3-13)5-8(11)9(7)12/h3-5H,1-2H2. The Morgan fingerprint density at radius 2 is 2.08 bits per heavy atom. The minimum atomic E-state index is -1.04. The van der Waals surface area contributed by atoms with Gasteiger partial charge in [0.15, 0.2) is 11.6 Å². The zero-order valence-electron chi connectivity index (χ0n) is 6.69. The van der Waals surface area contributed by atoms with Crippen molar-refractivity contribution in [2.24, 2.45) is 0 Å². The molecule has 70 valence electrons. The fraction of sp³-hybridized carbons (Fsp3) is 0.222. The normalized spacial score (nSPS) is 10.1. The molecule has 0 unspecified atom stereocenters. The Hall–Kier alpha value is -0.960. The van der Waals surface area contributed by atoms with Crippen LogP contribution < -0.4 is 0 Å². The number of benzene rings is 1. The lowest BCUT2D eigenvalue weighted by atomic mass is 10.1. The summed E-state index contributed by atoms with van der Waals surface area (Å²) in [6.07, 6.45) is 1.37. The molecule has 0 bridgehead atoms. The Kier molecular flexibility index (Phi) is 3.37.